The minimum atomic E-state index is -4.13. The van der Waals surface area contributed by atoms with E-state index in [-0.39, 0.29) is 0 Å². The monoisotopic (exact) mass is 600 g/mol. The molecule has 0 amide bonds. The highest BCUT2D eigenvalue weighted by atomic mass is 17.0. The van der Waals surface area contributed by atoms with E-state index in [0.29, 0.717) is 0 Å². The van der Waals surface area contributed by atoms with Gasteiger partial charge in [0.25, 0.3) is 0 Å². The first kappa shape index (κ1) is 38.6. The van der Waals surface area contributed by atoms with Crippen LogP contribution in [-0.4, -0.2) is 118 Å². The summed E-state index contributed by atoms with van der Waals surface area (Å²) in [5.74, 6) is -7.74. The molecule has 240 valence electrons. The smallest absolute Gasteiger partial charge is 0.390 e. The number of carbonyl (C=O) groups excluding carboxylic acids is 4. The van der Waals surface area contributed by atoms with Crippen molar-refractivity contribution in [2.24, 2.45) is 0 Å². The summed E-state index contributed by atoms with van der Waals surface area (Å²) in [6.45, 7) is 8.62. The molecular weight excluding hydrogens is 556 g/mol. The van der Waals surface area contributed by atoms with E-state index in [1.165, 1.54) is 27.7 Å². The van der Waals surface area contributed by atoms with Gasteiger partial charge in [0.1, 0.15) is 0 Å². The molecule has 8 atom stereocenters. The molecule has 0 aliphatic heterocycles. The third-order valence-corrected chi connectivity index (χ3v) is 7.21. The maximum absolute atomic E-state index is 13.1. The van der Waals surface area contributed by atoms with E-state index < -0.39 is 103 Å². The van der Waals surface area contributed by atoms with Crippen LogP contribution in [0.15, 0.2) is 0 Å². The predicted octanol–water partition coefficient (Wildman–Crippen LogP) is -2.14. The zero-order chi connectivity index (χ0) is 32.8. The molecule has 0 aliphatic rings. The third-order valence-electron chi connectivity index (χ3n) is 7.21. The van der Waals surface area contributed by atoms with Crippen molar-refractivity contribution in [3.8, 4) is 0 Å². The minimum Gasteiger partial charge on any atom is -0.390 e. The number of hydrogen-bond donors (Lipinski definition) is 8. The number of hydrogen-bond acceptors (Lipinski definition) is 16. The van der Waals surface area contributed by atoms with E-state index >= 15 is 0 Å². The summed E-state index contributed by atoms with van der Waals surface area (Å²) in [6.07, 6.45) is -14.1. The Hall–Kier alpha value is -2.44. The van der Waals surface area contributed by atoms with Crippen molar-refractivity contribution in [2.45, 2.75) is 134 Å². The standard InChI is InChI=1S/C25H44O16/c1-9-21(34,13(5)26)17(30)38-25(39-18(31)22(35,10-2)14(6)27,40-19(32)23(36,11-3)15(7)28)41-20(33)24(37,12-4)16(8)29/h13-16,26-29,34-37H,9-12H2,1-8H3. The largest absolute Gasteiger partial charge is 0.620 e. The van der Waals surface area contributed by atoms with E-state index in [9.17, 15) is 60.0 Å². The van der Waals surface area contributed by atoms with Gasteiger partial charge in [-0.15, -0.1) is 0 Å². The van der Waals surface area contributed by atoms with Gasteiger partial charge in [-0.1, -0.05) is 27.7 Å². The predicted molar refractivity (Wildman–Crippen MR) is 135 cm³/mol. The summed E-state index contributed by atoms with van der Waals surface area (Å²) >= 11 is 0. The highest BCUT2D eigenvalue weighted by Crippen LogP contribution is 2.33. The Balaban J connectivity index is 7.47. The van der Waals surface area contributed by atoms with Crippen LogP contribution in [0, 0.1) is 0 Å². The van der Waals surface area contributed by atoms with Gasteiger partial charge in [-0.2, -0.15) is 0 Å². The van der Waals surface area contributed by atoms with Crippen LogP contribution in [0.4, 0.5) is 0 Å². The van der Waals surface area contributed by atoms with Crippen LogP contribution in [0.5, 0.6) is 0 Å². The molecule has 16 nitrogen and oxygen atoms in total. The highest BCUT2D eigenvalue weighted by molar-refractivity contribution is 5.85. The number of aliphatic hydroxyl groups is 8. The van der Waals surface area contributed by atoms with Crippen molar-refractivity contribution in [2.75, 3.05) is 0 Å². The van der Waals surface area contributed by atoms with Crippen molar-refractivity contribution < 1.29 is 79.0 Å². The Bertz CT molecular complexity index is 783. The van der Waals surface area contributed by atoms with Crippen LogP contribution in [-0.2, 0) is 38.1 Å². The fourth-order valence-electron chi connectivity index (χ4n) is 3.37. The van der Waals surface area contributed by atoms with E-state index in [4.69, 9.17) is 18.9 Å². The number of esters is 4. The van der Waals surface area contributed by atoms with E-state index in [0.717, 1.165) is 27.7 Å². The Kier molecular flexibility index (Phi) is 13.3. The Morgan fingerprint density at radius 2 is 0.610 bits per heavy atom. The first-order valence-electron chi connectivity index (χ1n) is 13.1. The topological polar surface area (TPSA) is 267 Å². The van der Waals surface area contributed by atoms with Crippen molar-refractivity contribution in [3.05, 3.63) is 0 Å². The van der Waals surface area contributed by atoms with E-state index in [1.807, 2.05) is 0 Å². The van der Waals surface area contributed by atoms with Crippen molar-refractivity contribution in [1.29, 1.82) is 0 Å². The molecule has 0 aromatic carbocycles. The molecule has 0 rings (SSSR count). The normalized spacial score (nSPS) is 22.0. The lowest BCUT2D eigenvalue weighted by Crippen LogP contribution is -2.62. The van der Waals surface area contributed by atoms with Crippen molar-refractivity contribution in [1.82, 2.24) is 0 Å². The molecule has 0 radical (unpaired) electrons. The lowest BCUT2D eigenvalue weighted by atomic mass is 9.94. The Morgan fingerprint density at radius 3 is 0.707 bits per heavy atom. The quantitative estimate of drug-likeness (QED) is 0.0693. The molecule has 8 N–H and O–H groups in total. The summed E-state index contributed by atoms with van der Waals surface area (Å²) in [4.78, 5) is 52.5. The second-order valence-corrected chi connectivity index (χ2v) is 9.87. The molecule has 8 unspecified atom stereocenters. The fraction of sp³-hybridized carbons (Fsp3) is 0.840. The minimum absolute atomic E-state index is 0.582. The zero-order valence-corrected chi connectivity index (χ0v) is 24.5. The molecule has 0 saturated carbocycles. The molecule has 0 saturated heterocycles. The maximum atomic E-state index is 13.1. The highest BCUT2D eigenvalue weighted by Gasteiger charge is 2.61. The molecule has 0 bridgehead atoms. The molecule has 0 aliphatic carbocycles. The number of aliphatic hydroxyl groups excluding tert-OH is 4. The fourth-order valence-corrected chi connectivity index (χ4v) is 3.37. The average molecular weight is 601 g/mol. The summed E-state index contributed by atoms with van der Waals surface area (Å²) in [5.41, 5.74) is -11.3. The molecule has 0 heterocycles. The van der Waals surface area contributed by atoms with Gasteiger partial charge in [0.05, 0.1) is 24.4 Å². The zero-order valence-electron chi connectivity index (χ0n) is 24.5. The Morgan fingerprint density at radius 1 is 0.463 bits per heavy atom. The van der Waals surface area contributed by atoms with Gasteiger partial charge < -0.3 is 59.8 Å². The van der Waals surface area contributed by atoms with Crippen LogP contribution in [0.2, 0.25) is 0 Å². The summed E-state index contributed by atoms with van der Waals surface area (Å²) in [7, 11) is 0. The first-order valence-corrected chi connectivity index (χ1v) is 13.1. The summed E-state index contributed by atoms with van der Waals surface area (Å²) < 4.78 is 19.5. The molecule has 0 spiro atoms. The molecule has 41 heavy (non-hydrogen) atoms. The van der Waals surface area contributed by atoms with Gasteiger partial charge >= 0.3 is 30.0 Å². The van der Waals surface area contributed by atoms with Crippen LogP contribution in [0.3, 0.4) is 0 Å². The number of rotatable bonds is 16. The first-order chi connectivity index (χ1) is 18.5. The third kappa shape index (κ3) is 7.90. The van der Waals surface area contributed by atoms with Gasteiger partial charge in [0.2, 0.25) is 0 Å². The van der Waals surface area contributed by atoms with Crippen molar-refractivity contribution >= 4 is 23.9 Å². The number of ether oxygens (including phenoxy) is 4. The van der Waals surface area contributed by atoms with Gasteiger partial charge in [-0.05, 0) is 53.4 Å². The molecule has 16 heteroatoms. The second-order valence-electron chi connectivity index (χ2n) is 9.87. The summed E-state index contributed by atoms with van der Waals surface area (Å²) in [5, 5.41) is 82.8. The van der Waals surface area contributed by atoms with Gasteiger partial charge in [0, 0.05) is 0 Å². The van der Waals surface area contributed by atoms with Crippen molar-refractivity contribution in [3.63, 3.8) is 0 Å². The lowest BCUT2D eigenvalue weighted by molar-refractivity contribution is -0.443. The van der Waals surface area contributed by atoms with Gasteiger partial charge in [-0.3, -0.25) is 0 Å². The molecule has 0 aromatic heterocycles. The van der Waals surface area contributed by atoms with Crippen LogP contribution in [0.25, 0.3) is 0 Å². The lowest BCUT2D eigenvalue weighted by Gasteiger charge is -2.39. The van der Waals surface area contributed by atoms with Crippen LogP contribution in [0.1, 0.15) is 81.1 Å². The van der Waals surface area contributed by atoms with Gasteiger partial charge in [0.15, 0.2) is 22.4 Å². The van der Waals surface area contributed by atoms with Crippen LogP contribution < -0.4 is 0 Å². The van der Waals surface area contributed by atoms with Gasteiger partial charge in [-0.25, -0.2) is 19.2 Å². The van der Waals surface area contributed by atoms with Crippen LogP contribution >= 0.6 is 0 Å². The number of carbonyl (C=O) groups is 4. The SMILES string of the molecule is CCC(O)(C(=O)OC(OC(=O)C(O)(CC)C(C)O)(OC(=O)C(O)(CC)C(C)O)OC(=O)C(O)(CC)C(C)O)C(C)O. The Labute approximate surface area is 237 Å². The molecule has 0 fully saturated rings. The molecular formula is C25H44O16. The maximum Gasteiger partial charge on any atom is 0.620 e. The summed E-state index contributed by atoms with van der Waals surface area (Å²) in [6, 6.07) is 0. The van der Waals surface area contributed by atoms with E-state index in [2.05, 4.69) is 0 Å². The van der Waals surface area contributed by atoms with E-state index in [1.54, 1.807) is 0 Å². The molecule has 0 aromatic rings. The second kappa shape index (κ2) is 14.2. The average Bonchev–Trinajstić information content (AvgIpc) is 2.89.